The van der Waals surface area contributed by atoms with Crippen LogP contribution in [0.1, 0.15) is 65.9 Å². The van der Waals surface area contributed by atoms with Gasteiger partial charge >= 0.3 is 0 Å². The molecule has 4 aromatic rings. The number of allylic oxidation sites excluding steroid dienone is 2. The van der Waals surface area contributed by atoms with Crippen molar-refractivity contribution in [2.75, 3.05) is 16.0 Å². The summed E-state index contributed by atoms with van der Waals surface area (Å²) in [4.78, 5) is 14.1. The number of carbonyl (C=O) groups excluding carboxylic acids is 1. The molecule has 6 rings (SSSR count). The number of fused-ring (bicyclic) bond motifs is 1. The normalized spacial score (nSPS) is 17.3. The highest BCUT2D eigenvalue weighted by Gasteiger charge is 2.40. The number of rotatable bonds is 7. The lowest BCUT2D eigenvalue weighted by atomic mass is 9.79. The van der Waals surface area contributed by atoms with Crippen molar-refractivity contribution in [2.45, 2.75) is 71.5 Å². The summed E-state index contributed by atoms with van der Waals surface area (Å²) in [6, 6.07) is 20.2. The third kappa shape index (κ3) is 4.01. The topological polar surface area (TPSA) is 73.4 Å². The molecule has 0 atom stereocenters. The maximum atomic E-state index is 14.1. The number of benzene rings is 4. The molecule has 0 bridgehead atoms. The summed E-state index contributed by atoms with van der Waals surface area (Å²) in [6.45, 7) is 15.1. The Morgan fingerprint density at radius 2 is 1.51 bits per heavy atom. The molecular formula is C36H39N3O2. The molecule has 1 aliphatic carbocycles. The van der Waals surface area contributed by atoms with E-state index in [-0.39, 0.29) is 22.7 Å². The van der Waals surface area contributed by atoms with E-state index in [0.717, 1.165) is 75.1 Å². The summed E-state index contributed by atoms with van der Waals surface area (Å²) in [5.74, 6) is -0.103. The molecule has 0 fully saturated rings. The molecule has 4 aromatic carbocycles. The Balaban J connectivity index is 1.62. The van der Waals surface area contributed by atoms with Crippen LogP contribution in [0.3, 0.4) is 0 Å². The lowest BCUT2D eigenvalue weighted by molar-refractivity contribution is -0.109. The molecule has 1 aliphatic heterocycles. The number of nitrogens with one attached hydrogen (secondary N) is 3. The fourth-order valence-electron chi connectivity index (χ4n) is 6.38. The lowest BCUT2D eigenvalue weighted by Gasteiger charge is -2.41. The molecule has 0 unspecified atom stereocenters. The zero-order valence-electron chi connectivity index (χ0n) is 24.7. The van der Waals surface area contributed by atoms with Crippen LogP contribution in [-0.4, -0.2) is 22.1 Å². The first-order valence-electron chi connectivity index (χ1n) is 14.8. The van der Waals surface area contributed by atoms with E-state index in [1.807, 2.05) is 36.4 Å². The van der Waals surface area contributed by atoms with Crippen LogP contribution in [0.5, 0.6) is 0 Å². The average molecular weight is 546 g/mol. The van der Waals surface area contributed by atoms with Gasteiger partial charge in [-0.2, -0.15) is 0 Å². The van der Waals surface area contributed by atoms with E-state index in [9.17, 15) is 9.90 Å². The zero-order valence-corrected chi connectivity index (χ0v) is 24.7. The zero-order chi connectivity index (χ0) is 29.1. The number of Topliss-reactive ketones (excluding diaryl/α,β-unsaturated/α-hetero) is 1. The fraction of sp³-hybridized carbons (Fsp3) is 0.306. The van der Waals surface area contributed by atoms with Crippen LogP contribution >= 0.6 is 0 Å². The quantitative estimate of drug-likeness (QED) is 0.194. The molecule has 41 heavy (non-hydrogen) atoms. The molecule has 1 heterocycles. The Labute approximate surface area is 241 Å². The summed E-state index contributed by atoms with van der Waals surface area (Å²) >= 11 is 0. The lowest BCUT2D eigenvalue weighted by Crippen LogP contribution is -2.47. The largest absolute Gasteiger partial charge is 0.506 e. The number of hydrogen-bond acceptors (Lipinski definition) is 5. The number of aliphatic hydroxyl groups is 1. The SMILES string of the molecule is C=c1cccc2cc/c(=C3\C(=O)C(c4ccc5cccc6c5c4NC(CC)(CC)N6)=C3O)c(NC(C)(CC)CC)c12. The summed E-state index contributed by atoms with van der Waals surface area (Å²) < 4.78 is 0. The van der Waals surface area contributed by atoms with Gasteiger partial charge in [-0.1, -0.05) is 88.9 Å². The summed E-state index contributed by atoms with van der Waals surface area (Å²) in [5.41, 5.74) is 3.74. The highest BCUT2D eigenvalue weighted by atomic mass is 16.3. The van der Waals surface area contributed by atoms with Gasteiger partial charge in [0.1, 0.15) is 11.4 Å². The summed E-state index contributed by atoms with van der Waals surface area (Å²) in [5, 5.41) is 28.7. The van der Waals surface area contributed by atoms with Gasteiger partial charge in [-0.3, -0.25) is 4.79 Å². The molecule has 5 heteroatoms. The van der Waals surface area contributed by atoms with Crippen molar-refractivity contribution in [1.82, 2.24) is 0 Å². The molecule has 0 amide bonds. The second-order valence-electron chi connectivity index (χ2n) is 11.8. The first-order valence-corrected chi connectivity index (χ1v) is 14.8. The van der Waals surface area contributed by atoms with Gasteiger partial charge in [0.05, 0.1) is 22.5 Å². The molecule has 0 radical (unpaired) electrons. The molecule has 210 valence electrons. The highest BCUT2D eigenvalue weighted by molar-refractivity contribution is 6.52. The van der Waals surface area contributed by atoms with Gasteiger partial charge in [0.25, 0.3) is 0 Å². The minimum Gasteiger partial charge on any atom is -0.506 e. The van der Waals surface area contributed by atoms with Crippen molar-refractivity contribution in [3.05, 3.63) is 82.4 Å². The van der Waals surface area contributed by atoms with E-state index in [1.165, 1.54) is 0 Å². The van der Waals surface area contributed by atoms with E-state index in [2.05, 4.69) is 81.4 Å². The second kappa shape index (κ2) is 9.69. The molecule has 0 saturated heterocycles. The number of aliphatic hydroxyl groups excluding tert-OH is 1. The van der Waals surface area contributed by atoms with Crippen molar-refractivity contribution in [3.8, 4) is 0 Å². The Morgan fingerprint density at radius 1 is 0.854 bits per heavy atom. The van der Waals surface area contributed by atoms with Gasteiger partial charge in [-0.05, 0) is 54.7 Å². The molecule has 0 aromatic heterocycles. The van der Waals surface area contributed by atoms with Crippen molar-refractivity contribution in [2.24, 2.45) is 0 Å². The van der Waals surface area contributed by atoms with Crippen LogP contribution in [0.4, 0.5) is 17.1 Å². The minimum absolute atomic E-state index is 0.0423. The smallest absolute Gasteiger partial charge is 0.201 e. The van der Waals surface area contributed by atoms with Crippen molar-refractivity contribution in [1.29, 1.82) is 0 Å². The number of ketones is 1. The first kappa shape index (κ1) is 26.9. The molecule has 2 aliphatic rings. The monoisotopic (exact) mass is 545 g/mol. The Morgan fingerprint density at radius 3 is 2.17 bits per heavy atom. The van der Waals surface area contributed by atoms with Crippen molar-refractivity contribution >= 4 is 62.1 Å². The molecule has 4 N–H and O–H groups in total. The van der Waals surface area contributed by atoms with Crippen LogP contribution in [0.2, 0.25) is 0 Å². The third-order valence-corrected chi connectivity index (χ3v) is 9.58. The van der Waals surface area contributed by atoms with Crippen molar-refractivity contribution < 1.29 is 9.90 Å². The van der Waals surface area contributed by atoms with E-state index in [0.29, 0.717) is 16.4 Å². The second-order valence-corrected chi connectivity index (χ2v) is 11.8. The van der Waals surface area contributed by atoms with Gasteiger partial charge in [-0.15, -0.1) is 0 Å². The fourth-order valence-corrected chi connectivity index (χ4v) is 6.38. The minimum atomic E-state index is -0.336. The van der Waals surface area contributed by atoms with Crippen LogP contribution < -0.4 is 26.4 Å². The van der Waals surface area contributed by atoms with Gasteiger partial charge in [0.2, 0.25) is 5.78 Å². The van der Waals surface area contributed by atoms with E-state index >= 15 is 0 Å². The van der Waals surface area contributed by atoms with E-state index < -0.39 is 0 Å². The standard InChI is InChI=1S/C36H39N3O2/c1-7-35(6,8-2)38-31-24(19-17-22-14-11-13-21(5)27(22)31)29-33(40)30(34(29)41)25-20-18-23-15-12-16-26-28(23)32(25)39-36(9-3,10-4)37-26/h11-20,37-40H,5,7-10H2,1-4,6H3/b29-24+. The van der Waals surface area contributed by atoms with Crippen molar-refractivity contribution in [3.63, 3.8) is 0 Å². The Bertz CT molecular complexity index is 1880. The Kier molecular flexibility index (Phi) is 6.37. The molecule has 5 nitrogen and oxygen atoms in total. The highest BCUT2D eigenvalue weighted by Crippen LogP contribution is 2.47. The van der Waals surface area contributed by atoms with E-state index in [4.69, 9.17) is 0 Å². The average Bonchev–Trinajstić information content (AvgIpc) is 2.99. The third-order valence-electron chi connectivity index (χ3n) is 9.58. The first-order chi connectivity index (χ1) is 19.7. The predicted octanol–water partition coefficient (Wildman–Crippen LogP) is 7.45. The van der Waals surface area contributed by atoms with E-state index in [1.54, 1.807) is 0 Å². The van der Waals surface area contributed by atoms with Gasteiger partial charge in [-0.25, -0.2) is 0 Å². The maximum Gasteiger partial charge on any atom is 0.201 e. The van der Waals surface area contributed by atoms with Crippen LogP contribution in [0.25, 0.3) is 39.3 Å². The number of hydrogen-bond donors (Lipinski definition) is 4. The Hall–Kier alpha value is -4.25. The number of carbonyl (C=O) groups is 1. The summed E-state index contributed by atoms with van der Waals surface area (Å²) in [7, 11) is 0. The molecule has 0 saturated carbocycles. The van der Waals surface area contributed by atoms with Gasteiger partial charge in [0.15, 0.2) is 0 Å². The molecule has 0 spiro atoms. The predicted molar refractivity (Wildman–Crippen MR) is 174 cm³/mol. The van der Waals surface area contributed by atoms with Crippen LogP contribution in [-0.2, 0) is 4.79 Å². The van der Waals surface area contributed by atoms with Gasteiger partial charge < -0.3 is 21.1 Å². The molecular weight excluding hydrogens is 506 g/mol. The van der Waals surface area contributed by atoms with Crippen LogP contribution in [0, 0.1) is 0 Å². The van der Waals surface area contributed by atoms with Crippen LogP contribution in [0.15, 0.2) is 66.4 Å². The number of anilines is 3. The maximum absolute atomic E-state index is 14.1. The summed E-state index contributed by atoms with van der Waals surface area (Å²) in [6.07, 6.45) is 3.54. The van der Waals surface area contributed by atoms with Gasteiger partial charge in [0, 0.05) is 32.8 Å².